The van der Waals surface area contributed by atoms with E-state index in [2.05, 4.69) is 17.9 Å². The Morgan fingerprint density at radius 2 is 1.95 bits per heavy atom. The molecule has 0 heterocycles. The molecule has 0 fully saturated rings. The van der Waals surface area contributed by atoms with Crippen LogP contribution in [-0.4, -0.2) is 11.7 Å². The van der Waals surface area contributed by atoms with E-state index in [9.17, 15) is 9.18 Å². The quantitative estimate of drug-likeness (QED) is 0.538. The van der Waals surface area contributed by atoms with E-state index in [1.54, 1.807) is 6.08 Å². The number of carbonyl (C=O) groups excluding carboxylic acids is 1. The van der Waals surface area contributed by atoms with Crippen LogP contribution in [0.2, 0.25) is 0 Å². The molecule has 1 amide bonds. The molecule has 0 saturated carbocycles. The highest BCUT2D eigenvalue weighted by molar-refractivity contribution is 7.80. The van der Waals surface area contributed by atoms with Gasteiger partial charge in [0.15, 0.2) is 0 Å². The van der Waals surface area contributed by atoms with Gasteiger partial charge < -0.3 is 5.32 Å². The van der Waals surface area contributed by atoms with Crippen LogP contribution in [0.25, 0.3) is 0 Å². The number of benzene rings is 1. The van der Waals surface area contributed by atoms with E-state index in [1.165, 1.54) is 0 Å². The summed E-state index contributed by atoms with van der Waals surface area (Å²) in [5.41, 5.74) is 0.825. The van der Waals surface area contributed by atoms with E-state index < -0.39 is 0 Å². The summed E-state index contributed by atoms with van der Waals surface area (Å²) in [4.78, 5) is 11.6. The van der Waals surface area contributed by atoms with Crippen LogP contribution in [0.3, 0.4) is 0 Å². The summed E-state index contributed by atoms with van der Waals surface area (Å²) in [6.07, 6.45) is 5.45. The van der Waals surface area contributed by atoms with Crippen LogP contribution in [0.4, 0.5) is 10.1 Å². The summed E-state index contributed by atoms with van der Waals surface area (Å²) < 4.78 is 12.7. The van der Waals surface area contributed by atoms with Gasteiger partial charge in [0.05, 0.1) is 0 Å². The second-order valence-corrected chi connectivity index (χ2v) is 4.64. The molecule has 0 aliphatic rings. The SMILES string of the molecule is O=C(CCCCC/C=C(\F)CS)Nc1ccccc1. The minimum absolute atomic E-state index is 0.0308. The Labute approximate surface area is 119 Å². The Morgan fingerprint density at radius 3 is 2.63 bits per heavy atom. The van der Waals surface area contributed by atoms with Gasteiger partial charge in [-0.1, -0.05) is 30.7 Å². The van der Waals surface area contributed by atoms with Gasteiger partial charge in [-0.3, -0.25) is 4.79 Å². The summed E-state index contributed by atoms with van der Waals surface area (Å²) in [5, 5.41) is 2.84. The van der Waals surface area contributed by atoms with Crippen LogP contribution in [0.1, 0.15) is 32.1 Å². The largest absolute Gasteiger partial charge is 0.326 e. The van der Waals surface area contributed by atoms with E-state index in [-0.39, 0.29) is 17.5 Å². The van der Waals surface area contributed by atoms with Crippen molar-refractivity contribution < 1.29 is 9.18 Å². The average molecular weight is 281 g/mol. The van der Waals surface area contributed by atoms with Crippen LogP contribution in [-0.2, 0) is 4.79 Å². The molecule has 1 rings (SSSR count). The van der Waals surface area contributed by atoms with E-state index in [0.29, 0.717) is 12.8 Å². The number of halogens is 1. The summed E-state index contributed by atoms with van der Waals surface area (Å²) in [7, 11) is 0. The normalized spacial score (nSPS) is 11.4. The van der Waals surface area contributed by atoms with E-state index >= 15 is 0 Å². The van der Waals surface area contributed by atoms with Gasteiger partial charge in [0.25, 0.3) is 0 Å². The van der Waals surface area contributed by atoms with Gasteiger partial charge in [-0.05, 0) is 31.4 Å². The molecular weight excluding hydrogens is 261 g/mol. The molecular formula is C15H20FNOS. The van der Waals surface area contributed by atoms with Crippen molar-refractivity contribution in [3.63, 3.8) is 0 Å². The van der Waals surface area contributed by atoms with Crippen LogP contribution in [0.5, 0.6) is 0 Å². The third-order valence-electron chi connectivity index (χ3n) is 2.68. The first kappa shape index (κ1) is 15.8. The van der Waals surface area contributed by atoms with Crippen molar-refractivity contribution in [3.8, 4) is 0 Å². The topological polar surface area (TPSA) is 29.1 Å². The maximum absolute atomic E-state index is 12.7. The zero-order chi connectivity index (χ0) is 13.9. The molecule has 104 valence electrons. The first-order chi connectivity index (χ1) is 9.22. The maximum Gasteiger partial charge on any atom is 0.224 e. The minimum Gasteiger partial charge on any atom is -0.326 e. The van der Waals surface area contributed by atoms with E-state index in [1.807, 2.05) is 30.3 Å². The fourth-order valence-corrected chi connectivity index (χ4v) is 1.80. The van der Waals surface area contributed by atoms with Crippen molar-refractivity contribution in [2.24, 2.45) is 0 Å². The van der Waals surface area contributed by atoms with Gasteiger partial charge in [-0.15, -0.1) is 0 Å². The minimum atomic E-state index is -0.176. The molecule has 0 aliphatic heterocycles. The monoisotopic (exact) mass is 281 g/mol. The molecule has 1 aromatic carbocycles. The van der Waals surface area contributed by atoms with E-state index in [0.717, 1.165) is 24.9 Å². The predicted octanol–water partition coefficient (Wildman–Crippen LogP) is 4.36. The Morgan fingerprint density at radius 1 is 1.21 bits per heavy atom. The molecule has 0 radical (unpaired) electrons. The van der Waals surface area contributed by atoms with Gasteiger partial charge in [-0.25, -0.2) is 4.39 Å². The van der Waals surface area contributed by atoms with Crippen molar-refractivity contribution >= 4 is 24.2 Å². The second-order valence-electron chi connectivity index (χ2n) is 4.32. The van der Waals surface area contributed by atoms with Crippen molar-refractivity contribution in [2.45, 2.75) is 32.1 Å². The Balaban J connectivity index is 2.08. The van der Waals surface area contributed by atoms with Gasteiger partial charge in [0.1, 0.15) is 5.83 Å². The van der Waals surface area contributed by atoms with Crippen molar-refractivity contribution in [3.05, 3.63) is 42.2 Å². The number of thiol groups is 1. The van der Waals surface area contributed by atoms with Gasteiger partial charge in [0, 0.05) is 17.9 Å². The lowest BCUT2D eigenvalue weighted by Crippen LogP contribution is -2.10. The highest BCUT2D eigenvalue weighted by Crippen LogP contribution is 2.09. The van der Waals surface area contributed by atoms with Crippen molar-refractivity contribution in [1.82, 2.24) is 0 Å². The molecule has 0 unspecified atom stereocenters. The van der Waals surface area contributed by atoms with Crippen LogP contribution in [0, 0.1) is 0 Å². The zero-order valence-corrected chi connectivity index (χ0v) is 11.8. The molecule has 1 N–H and O–H groups in total. The third kappa shape index (κ3) is 7.67. The van der Waals surface area contributed by atoms with Crippen LogP contribution in [0.15, 0.2) is 42.2 Å². The highest BCUT2D eigenvalue weighted by Gasteiger charge is 2.01. The molecule has 0 saturated heterocycles. The standard InChI is InChI=1S/C15H20FNOS/c16-13(12-19)8-4-1-2-7-11-15(18)17-14-9-5-3-6-10-14/h3,5-6,8-10,19H,1-2,4,7,11-12H2,(H,17,18)/b13-8-. The lowest BCUT2D eigenvalue weighted by Gasteiger charge is -2.04. The number of rotatable bonds is 8. The Bertz CT molecular complexity index is 406. The molecule has 0 atom stereocenters. The van der Waals surface area contributed by atoms with Crippen LogP contribution < -0.4 is 5.32 Å². The van der Waals surface area contributed by atoms with Crippen molar-refractivity contribution in [2.75, 3.05) is 11.1 Å². The molecule has 0 bridgehead atoms. The average Bonchev–Trinajstić information content (AvgIpc) is 2.43. The molecule has 4 heteroatoms. The smallest absolute Gasteiger partial charge is 0.224 e. The lowest BCUT2D eigenvalue weighted by atomic mass is 10.1. The molecule has 2 nitrogen and oxygen atoms in total. The number of anilines is 1. The summed E-state index contributed by atoms with van der Waals surface area (Å²) in [6, 6.07) is 9.41. The maximum atomic E-state index is 12.7. The fourth-order valence-electron chi connectivity index (χ4n) is 1.67. The number of unbranched alkanes of at least 4 members (excludes halogenated alkanes) is 3. The Kier molecular flexibility index (Phi) is 7.98. The van der Waals surface area contributed by atoms with E-state index in [4.69, 9.17) is 0 Å². The third-order valence-corrected chi connectivity index (χ3v) is 2.98. The number of carbonyl (C=O) groups is 1. The van der Waals surface area contributed by atoms with Gasteiger partial charge in [-0.2, -0.15) is 12.6 Å². The van der Waals surface area contributed by atoms with Crippen LogP contribution >= 0.6 is 12.6 Å². The summed E-state index contributed by atoms with van der Waals surface area (Å²) in [6.45, 7) is 0. The number of allylic oxidation sites excluding steroid dienone is 1. The first-order valence-electron chi connectivity index (χ1n) is 6.52. The predicted molar refractivity (Wildman–Crippen MR) is 81.2 cm³/mol. The first-order valence-corrected chi connectivity index (χ1v) is 7.16. The van der Waals surface area contributed by atoms with Crippen molar-refractivity contribution in [1.29, 1.82) is 0 Å². The number of hydrogen-bond donors (Lipinski definition) is 2. The molecule has 0 spiro atoms. The number of nitrogens with one attached hydrogen (secondary N) is 1. The fraction of sp³-hybridized carbons (Fsp3) is 0.400. The molecule has 0 aliphatic carbocycles. The number of para-hydroxylation sites is 1. The van der Waals surface area contributed by atoms with Gasteiger partial charge in [0.2, 0.25) is 5.91 Å². The second kappa shape index (κ2) is 9.62. The summed E-state index contributed by atoms with van der Waals surface area (Å²) >= 11 is 3.84. The zero-order valence-electron chi connectivity index (χ0n) is 10.9. The molecule has 1 aromatic rings. The lowest BCUT2D eigenvalue weighted by molar-refractivity contribution is -0.116. The molecule has 0 aromatic heterocycles. The number of hydrogen-bond acceptors (Lipinski definition) is 2. The Hall–Kier alpha value is -1.29. The highest BCUT2D eigenvalue weighted by atomic mass is 32.1. The van der Waals surface area contributed by atoms with Gasteiger partial charge >= 0.3 is 0 Å². The number of amides is 1. The molecule has 19 heavy (non-hydrogen) atoms. The summed E-state index contributed by atoms with van der Waals surface area (Å²) in [5.74, 6) is 0.0212.